The summed E-state index contributed by atoms with van der Waals surface area (Å²) in [4.78, 5) is 10.2. The van der Waals surface area contributed by atoms with Gasteiger partial charge in [-0.05, 0) is 24.5 Å². The number of benzene rings is 1. The second-order valence-corrected chi connectivity index (χ2v) is 5.11. The summed E-state index contributed by atoms with van der Waals surface area (Å²) in [5.41, 5.74) is -0.174. The van der Waals surface area contributed by atoms with Crippen LogP contribution in [-0.4, -0.2) is 11.5 Å². The third-order valence-electron chi connectivity index (χ3n) is 3.76. The lowest BCUT2D eigenvalue weighted by molar-refractivity contribution is -0.386. The van der Waals surface area contributed by atoms with Gasteiger partial charge in [0, 0.05) is 6.54 Å². The number of halogens is 1. The Kier molecular flexibility index (Phi) is 4.71. The number of rotatable bonds is 5. The predicted octanol–water partition coefficient (Wildman–Crippen LogP) is 4.12. The maximum Gasteiger partial charge on any atom is 0.327 e. The Morgan fingerprint density at radius 1 is 1.32 bits per heavy atom. The van der Waals surface area contributed by atoms with Crippen LogP contribution in [0.5, 0.6) is 0 Å². The quantitative estimate of drug-likeness (QED) is 0.644. The number of hydrogen-bond acceptors (Lipinski definition) is 3. The molecule has 0 radical (unpaired) electrons. The number of nitro groups is 1. The van der Waals surface area contributed by atoms with Gasteiger partial charge < -0.3 is 5.32 Å². The van der Waals surface area contributed by atoms with Crippen molar-refractivity contribution in [3.63, 3.8) is 0 Å². The molecule has 0 atom stereocenters. The van der Waals surface area contributed by atoms with E-state index in [1.54, 1.807) is 6.07 Å². The molecular formula is C14H19FN2O2. The van der Waals surface area contributed by atoms with Gasteiger partial charge in [-0.2, -0.15) is 4.39 Å². The Labute approximate surface area is 112 Å². The topological polar surface area (TPSA) is 55.2 Å². The molecule has 4 nitrogen and oxygen atoms in total. The molecule has 104 valence electrons. The molecular weight excluding hydrogens is 247 g/mol. The SMILES string of the molecule is O=[N+]([O-])c1c(F)cccc1NCCC1CCCCC1. The summed E-state index contributed by atoms with van der Waals surface area (Å²) >= 11 is 0. The number of nitro benzene ring substituents is 1. The van der Waals surface area contributed by atoms with Crippen molar-refractivity contribution < 1.29 is 9.31 Å². The highest BCUT2D eigenvalue weighted by Crippen LogP contribution is 2.29. The maximum atomic E-state index is 13.4. The van der Waals surface area contributed by atoms with Crippen LogP contribution in [0, 0.1) is 21.8 Å². The zero-order valence-corrected chi connectivity index (χ0v) is 10.9. The maximum absolute atomic E-state index is 13.4. The number of hydrogen-bond donors (Lipinski definition) is 1. The van der Waals surface area contributed by atoms with E-state index in [1.807, 2.05) is 0 Å². The van der Waals surface area contributed by atoms with Crippen molar-refractivity contribution in [1.82, 2.24) is 0 Å². The number of nitrogens with one attached hydrogen (secondary N) is 1. The van der Waals surface area contributed by atoms with Crippen LogP contribution in [0.1, 0.15) is 38.5 Å². The summed E-state index contributed by atoms with van der Waals surface area (Å²) in [5.74, 6) is -0.0819. The zero-order chi connectivity index (χ0) is 13.7. The molecule has 0 bridgehead atoms. The van der Waals surface area contributed by atoms with Gasteiger partial charge in [0.1, 0.15) is 5.69 Å². The Bertz CT molecular complexity index is 445. The molecule has 1 saturated carbocycles. The molecule has 1 aromatic carbocycles. The minimum absolute atomic E-state index is 0.279. The van der Waals surface area contributed by atoms with Crippen molar-refractivity contribution in [3.05, 3.63) is 34.1 Å². The fourth-order valence-electron chi connectivity index (χ4n) is 2.73. The van der Waals surface area contributed by atoms with Crippen molar-refractivity contribution in [2.45, 2.75) is 38.5 Å². The summed E-state index contributed by atoms with van der Waals surface area (Å²) in [6, 6.07) is 4.16. The van der Waals surface area contributed by atoms with Gasteiger partial charge in [-0.3, -0.25) is 10.1 Å². The zero-order valence-electron chi connectivity index (χ0n) is 10.9. The number of para-hydroxylation sites is 1. The van der Waals surface area contributed by atoms with Gasteiger partial charge in [0.15, 0.2) is 0 Å². The molecule has 0 saturated heterocycles. The van der Waals surface area contributed by atoms with Crippen molar-refractivity contribution >= 4 is 11.4 Å². The van der Waals surface area contributed by atoms with Crippen LogP contribution in [0.4, 0.5) is 15.8 Å². The minimum Gasteiger partial charge on any atom is -0.379 e. The monoisotopic (exact) mass is 266 g/mol. The van der Waals surface area contributed by atoms with Crippen molar-refractivity contribution in [3.8, 4) is 0 Å². The van der Waals surface area contributed by atoms with Crippen molar-refractivity contribution in [2.75, 3.05) is 11.9 Å². The van der Waals surface area contributed by atoms with Crippen LogP contribution in [0.3, 0.4) is 0 Å². The first-order chi connectivity index (χ1) is 9.18. The molecule has 2 rings (SSSR count). The van der Waals surface area contributed by atoms with Gasteiger partial charge in [-0.15, -0.1) is 0 Å². The van der Waals surface area contributed by atoms with Gasteiger partial charge >= 0.3 is 5.69 Å². The van der Waals surface area contributed by atoms with Gasteiger partial charge in [-0.1, -0.05) is 38.2 Å². The molecule has 1 aliphatic carbocycles. The van der Waals surface area contributed by atoms with E-state index in [1.165, 1.54) is 38.2 Å². The fourth-order valence-corrected chi connectivity index (χ4v) is 2.73. The van der Waals surface area contributed by atoms with Gasteiger partial charge in [0.05, 0.1) is 4.92 Å². The lowest BCUT2D eigenvalue weighted by atomic mass is 9.87. The van der Waals surface area contributed by atoms with Crippen LogP contribution < -0.4 is 5.32 Å². The van der Waals surface area contributed by atoms with Crippen LogP contribution in [0.25, 0.3) is 0 Å². The van der Waals surface area contributed by atoms with E-state index in [0.29, 0.717) is 12.5 Å². The fraction of sp³-hybridized carbons (Fsp3) is 0.571. The molecule has 1 N–H and O–H groups in total. The predicted molar refractivity (Wildman–Crippen MR) is 72.7 cm³/mol. The summed E-state index contributed by atoms with van der Waals surface area (Å²) in [5, 5.41) is 13.8. The van der Waals surface area contributed by atoms with Crippen molar-refractivity contribution in [1.29, 1.82) is 0 Å². The standard InChI is InChI=1S/C14H19FN2O2/c15-12-7-4-8-13(14(12)17(18)19)16-10-9-11-5-2-1-3-6-11/h4,7-8,11,16H,1-3,5-6,9-10H2. The lowest BCUT2D eigenvalue weighted by Gasteiger charge is -2.21. The van der Waals surface area contributed by atoms with E-state index >= 15 is 0 Å². The minimum atomic E-state index is -0.785. The summed E-state index contributed by atoms with van der Waals surface area (Å²) in [6.07, 6.45) is 7.36. The molecule has 0 unspecified atom stereocenters. The lowest BCUT2D eigenvalue weighted by Crippen LogP contribution is -2.13. The first-order valence-corrected chi connectivity index (χ1v) is 6.85. The smallest absolute Gasteiger partial charge is 0.327 e. The van der Waals surface area contributed by atoms with Gasteiger partial charge in [-0.25, -0.2) is 0 Å². The van der Waals surface area contributed by atoms with Gasteiger partial charge in [0.2, 0.25) is 5.82 Å². The Balaban J connectivity index is 1.92. The molecule has 5 heteroatoms. The van der Waals surface area contributed by atoms with Crippen molar-refractivity contribution in [2.24, 2.45) is 5.92 Å². The highest BCUT2D eigenvalue weighted by atomic mass is 19.1. The normalized spacial score (nSPS) is 16.3. The number of anilines is 1. The second-order valence-electron chi connectivity index (χ2n) is 5.11. The third kappa shape index (κ3) is 3.66. The summed E-state index contributed by atoms with van der Waals surface area (Å²) < 4.78 is 13.4. The summed E-state index contributed by atoms with van der Waals surface area (Å²) in [7, 11) is 0. The first-order valence-electron chi connectivity index (χ1n) is 6.85. The van der Waals surface area contributed by atoms with Crippen LogP contribution in [0.15, 0.2) is 18.2 Å². The highest BCUT2D eigenvalue weighted by molar-refractivity contribution is 5.61. The van der Waals surface area contributed by atoms with Crippen LogP contribution >= 0.6 is 0 Å². The molecule has 19 heavy (non-hydrogen) atoms. The van der Waals surface area contributed by atoms with Crippen LogP contribution in [-0.2, 0) is 0 Å². The summed E-state index contributed by atoms with van der Waals surface area (Å²) in [6.45, 7) is 0.662. The van der Waals surface area contributed by atoms with Gasteiger partial charge in [0.25, 0.3) is 0 Å². The van der Waals surface area contributed by atoms with E-state index in [4.69, 9.17) is 0 Å². The molecule has 0 amide bonds. The third-order valence-corrected chi connectivity index (χ3v) is 3.76. The van der Waals surface area contributed by atoms with E-state index in [2.05, 4.69) is 5.32 Å². The highest BCUT2D eigenvalue weighted by Gasteiger charge is 2.20. The Morgan fingerprint density at radius 3 is 2.74 bits per heavy atom. The average Bonchev–Trinajstić information content (AvgIpc) is 2.39. The molecule has 1 aliphatic rings. The largest absolute Gasteiger partial charge is 0.379 e. The number of nitrogens with zero attached hydrogens (tertiary/aromatic N) is 1. The molecule has 0 aliphatic heterocycles. The van der Waals surface area contributed by atoms with E-state index in [9.17, 15) is 14.5 Å². The average molecular weight is 266 g/mol. The Hall–Kier alpha value is -1.65. The van der Waals surface area contributed by atoms with Crippen LogP contribution in [0.2, 0.25) is 0 Å². The molecule has 0 heterocycles. The molecule has 0 aromatic heterocycles. The molecule has 1 fully saturated rings. The first kappa shape index (κ1) is 13.8. The van der Waals surface area contributed by atoms with E-state index < -0.39 is 16.4 Å². The van der Waals surface area contributed by atoms with E-state index in [-0.39, 0.29) is 5.69 Å². The molecule has 0 spiro atoms. The van der Waals surface area contributed by atoms with E-state index in [0.717, 1.165) is 12.5 Å². The second kappa shape index (κ2) is 6.50. The Morgan fingerprint density at radius 2 is 2.05 bits per heavy atom. The molecule has 1 aromatic rings.